The van der Waals surface area contributed by atoms with Crippen molar-refractivity contribution in [2.24, 2.45) is 0 Å². The number of rotatable bonds is 3. The van der Waals surface area contributed by atoms with Gasteiger partial charge in [-0.1, -0.05) is 0 Å². The molecule has 3 amide bonds. The van der Waals surface area contributed by atoms with Crippen LogP contribution in [-0.2, 0) is 9.59 Å². The average molecular weight is 279 g/mol. The normalized spacial score (nSPS) is 18.3. The van der Waals surface area contributed by atoms with Gasteiger partial charge >= 0.3 is 12.0 Å². The van der Waals surface area contributed by atoms with Gasteiger partial charge < -0.3 is 20.6 Å². The Balaban J connectivity index is 2.09. The smallest absolute Gasteiger partial charge is 0.322 e. The van der Waals surface area contributed by atoms with E-state index in [4.69, 9.17) is 5.11 Å². The fraction of sp³-hybridized carbons (Fsp3) is 0.364. The van der Waals surface area contributed by atoms with Gasteiger partial charge in [-0.05, 0) is 0 Å². The molecule has 20 heavy (non-hydrogen) atoms. The number of anilines is 1. The minimum atomic E-state index is -1.15. The molecule has 0 bridgehead atoms. The molecular weight excluding hydrogens is 266 g/mol. The maximum atomic E-state index is 12.1. The Morgan fingerprint density at radius 2 is 2.15 bits per heavy atom. The maximum absolute atomic E-state index is 12.1. The Bertz CT molecular complexity index is 521. The number of carbonyl (C=O) groups is 3. The van der Waals surface area contributed by atoms with Gasteiger partial charge in [0.25, 0.3) is 0 Å². The number of amides is 3. The number of nitrogens with zero attached hydrogens (tertiary/aromatic N) is 3. The van der Waals surface area contributed by atoms with E-state index in [1.165, 1.54) is 23.6 Å². The van der Waals surface area contributed by atoms with Gasteiger partial charge in [-0.25, -0.2) is 14.8 Å². The summed E-state index contributed by atoms with van der Waals surface area (Å²) in [5.74, 6) is -1.62. The lowest BCUT2D eigenvalue weighted by atomic mass is 10.1. The first-order valence-electron chi connectivity index (χ1n) is 5.90. The van der Waals surface area contributed by atoms with Crippen LogP contribution < -0.4 is 10.6 Å². The SMILES string of the molecule is O=C(O)CC1C(=O)NCCN1C(=O)Nc1cncnc1. The lowest BCUT2D eigenvalue weighted by Crippen LogP contribution is -2.58. The summed E-state index contributed by atoms with van der Waals surface area (Å²) in [5, 5.41) is 13.9. The molecule has 9 heteroatoms. The predicted molar refractivity (Wildman–Crippen MR) is 66.8 cm³/mol. The van der Waals surface area contributed by atoms with E-state index in [0.717, 1.165) is 0 Å². The Labute approximate surface area is 114 Å². The highest BCUT2D eigenvalue weighted by atomic mass is 16.4. The summed E-state index contributed by atoms with van der Waals surface area (Å²) in [4.78, 5) is 43.2. The van der Waals surface area contributed by atoms with Crippen molar-refractivity contribution in [1.29, 1.82) is 0 Å². The predicted octanol–water partition coefficient (Wildman–Crippen LogP) is -0.716. The molecule has 3 N–H and O–H groups in total. The zero-order chi connectivity index (χ0) is 14.5. The van der Waals surface area contributed by atoms with E-state index in [0.29, 0.717) is 5.69 Å². The van der Waals surface area contributed by atoms with Gasteiger partial charge in [0.1, 0.15) is 12.4 Å². The molecule has 1 atom stereocenters. The van der Waals surface area contributed by atoms with Gasteiger partial charge in [-0.3, -0.25) is 9.59 Å². The first kappa shape index (κ1) is 13.7. The van der Waals surface area contributed by atoms with Crippen LogP contribution in [0.2, 0.25) is 0 Å². The van der Waals surface area contributed by atoms with Gasteiger partial charge in [0.2, 0.25) is 5.91 Å². The molecule has 0 aromatic carbocycles. The highest BCUT2D eigenvalue weighted by Crippen LogP contribution is 2.12. The summed E-state index contributed by atoms with van der Waals surface area (Å²) in [6.07, 6.45) is 3.68. The van der Waals surface area contributed by atoms with Gasteiger partial charge in [-0.15, -0.1) is 0 Å². The zero-order valence-electron chi connectivity index (χ0n) is 10.4. The third kappa shape index (κ3) is 3.19. The summed E-state index contributed by atoms with van der Waals surface area (Å²) in [6.45, 7) is 0.525. The third-order valence-corrected chi connectivity index (χ3v) is 2.77. The quantitative estimate of drug-likeness (QED) is 0.671. The molecule has 0 radical (unpaired) electrons. The van der Waals surface area contributed by atoms with Gasteiger partial charge in [0, 0.05) is 13.1 Å². The summed E-state index contributed by atoms with van der Waals surface area (Å²) < 4.78 is 0. The highest BCUT2D eigenvalue weighted by molar-refractivity contribution is 5.95. The van der Waals surface area contributed by atoms with Crippen LogP contribution in [0.25, 0.3) is 0 Å². The number of aromatic nitrogens is 2. The number of urea groups is 1. The molecule has 1 unspecified atom stereocenters. The fourth-order valence-corrected chi connectivity index (χ4v) is 1.89. The fourth-order valence-electron chi connectivity index (χ4n) is 1.89. The first-order chi connectivity index (χ1) is 9.58. The number of aliphatic carboxylic acids is 1. The molecule has 2 rings (SSSR count). The van der Waals surface area contributed by atoms with Crippen molar-refractivity contribution < 1.29 is 19.5 Å². The van der Waals surface area contributed by atoms with Gasteiger partial charge in [-0.2, -0.15) is 0 Å². The molecule has 1 aliphatic heterocycles. The van der Waals surface area contributed by atoms with Crippen LogP contribution in [0.4, 0.5) is 10.5 Å². The van der Waals surface area contributed by atoms with Crippen molar-refractivity contribution in [3.63, 3.8) is 0 Å². The number of piperazine rings is 1. The lowest BCUT2D eigenvalue weighted by Gasteiger charge is -2.34. The molecule has 1 aromatic heterocycles. The molecular formula is C11H13N5O4. The van der Waals surface area contributed by atoms with Crippen molar-refractivity contribution in [3.8, 4) is 0 Å². The monoisotopic (exact) mass is 279 g/mol. The number of nitrogens with one attached hydrogen (secondary N) is 2. The zero-order valence-corrected chi connectivity index (χ0v) is 10.4. The van der Waals surface area contributed by atoms with Gasteiger partial charge in [0.05, 0.1) is 24.5 Å². The second-order valence-corrected chi connectivity index (χ2v) is 4.16. The Kier molecular flexibility index (Phi) is 4.08. The van der Waals surface area contributed by atoms with Crippen LogP contribution in [0.15, 0.2) is 18.7 Å². The van der Waals surface area contributed by atoms with E-state index >= 15 is 0 Å². The molecule has 0 aliphatic carbocycles. The number of carboxylic acids is 1. The van der Waals surface area contributed by atoms with Crippen LogP contribution in [0, 0.1) is 0 Å². The minimum Gasteiger partial charge on any atom is -0.481 e. The van der Waals surface area contributed by atoms with Crippen LogP contribution >= 0.6 is 0 Å². The third-order valence-electron chi connectivity index (χ3n) is 2.77. The van der Waals surface area contributed by atoms with Crippen LogP contribution in [0.1, 0.15) is 6.42 Å². The van der Waals surface area contributed by atoms with Crippen molar-refractivity contribution in [2.75, 3.05) is 18.4 Å². The summed E-state index contributed by atoms with van der Waals surface area (Å²) in [5.41, 5.74) is 0.373. The molecule has 1 saturated heterocycles. The molecule has 2 heterocycles. The number of hydrogen-bond acceptors (Lipinski definition) is 5. The van der Waals surface area contributed by atoms with Crippen LogP contribution in [-0.4, -0.2) is 57.0 Å². The Hall–Kier alpha value is -2.71. The summed E-state index contributed by atoms with van der Waals surface area (Å²) in [7, 11) is 0. The summed E-state index contributed by atoms with van der Waals surface area (Å²) in [6, 6.07) is -1.58. The largest absolute Gasteiger partial charge is 0.481 e. The van der Waals surface area contributed by atoms with Crippen LogP contribution in [0.3, 0.4) is 0 Å². The summed E-state index contributed by atoms with van der Waals surface area (Å²) >= 11 is 0. The molecule has 1 aliphatic rings. The molecule has 9 nitrogen and oxygen atoms in total. The standard InChI is InChI=1S/C11H13N5O4/c17-9(18)3-8-10(19)14-1-2-16(8)11(20)15-7-4-12-6-13-5-7/h4-6,8H,1-3H2,(H,14,19)(H,15,20)(H,17,18). The van der Waals surface area contributed by atoms with Gasteiger partial charge in [0.15, 0.2) is 0 Å². The second kappa shape index (κ2) is 5.95. The Morgan fingerprint density at radius 3 is 2.80 bits per heavy atom. The molecule has 0 saturated carbocycles. The van der Waals surface area contributed by atoms with E-state index in [-0.39, 0.29) is 13.1 Å². The molecule has 0 spiro atoms. The molecule has 1 aromatic rings. The number of carboxylic acid groups (broad SMARTS) is 1. The van der Waals surface area contributed by atoms with E-state index < -0.39 is 30.4 Å². The maximum Gasteiger partial charge on any atom is 0.322 e. The van der Waals surface area contributed by atoms with E-state index in [1.54, 1.807) is 0 Å². The topological polar surface area (TPSA) is 125 Å². The van der Waals surface area contributed by atoms with E-state index in [2.05, 4.69) is 20.6 Å². The Morgan fingerprint density at radius 1 is 1.45 bits per heavy atom. The second-order valence-electron chi connectivity index (χ2n) is 4.16. The lowest BCUT2D eigenvalue weighted by molar-refractivity contribution is -0.142. The minimum absolute atomic E-state index is 0.239. The average Bonchev–Trinajstić information content (AvgIpc) is 2.41. The van der Waals surface area contributed by atoms with Crippen LogP contribution in [0.5, 0.6) is 0 Å². The highest BCUT2D eigenvalue weighted by Gasteiger charge is 2.34. The van der Waals surface area contributed by atoms with Crippen molar-refractivity contribution in [1.82, 2.24) is 20.2 Å². The molecule has 106 valence electrons. The van der Waals surface area contributed by atoms with E-state index in [1.807, 2.05) is 0 Å². The molecule has 1 fully saturated rings. The van der Waals surface area contributed by atoms with Crippen molar-refractivity contribution in [2.45, 2.75) is 12.5 Å². The van der Waals surface area contributed by atoms with E-state index in [9.17, 15) is 14.4 Å². The first-order valence-corrected chi connectivity index (χ1v) is 5.90. The van der Waals surface area contributed by atoms with Crippen molar-refractivity contribution >= 4 is 23.6 Å². The number of hydrogen-bond donors (Lipinski definition) is 3. The van der Waals surface area contributed by atoms with Crippen molar-refractivity contribution in [3.05, 3.63) is 18.7 Å². The number of carbonyl (C=O) groups excluding carboxylic acids is 2.